The van der Waals surface area contributed by atoms with Gasteiger partial charge in [0.15, 0.2) is 0 Å². The summed E-state index contributed by atoms with van der Waals surface area (Å²) in [6.07, 6.45) is 19.0. The molecule has 0 aromatic carbocycles. The molecule has 0 saturated carbocycles. The van der Waals surface area contributed by atoms with Crippen LogP contribution in [0.25, 0.3) is 0 Å². The van der Waals surface area contributed by atoms with Crippen molar-refractivity contribution < 1.29 is 19.3 Å². The van der Waals surface area contributed by atoms with Crippen LogP contribution in [-0.2, 0) is 19.3 Å². The molecule has 0 aliphatic heterocycles. The Kier molecular flexibility index (Phi) is 17.1. The normalized spacial score (nSPS) is 10.9. The van der Waals surface area contributed by atoms with E-state index in [0.29, 0.717) is 12.2 Å². The zero-order valence-corrected chi connectivity index (χ0v) is 15.7. The summed E-state index contributed by atoms with van der Waals surface area (Å²) in [6, 6.07) is 0. The van der Waals surface area contributed by atoms with Crippen molar-refractivity contribution in [1.29, 1.82) is 0 Å². The second-order valence-corrected chi connectivity index (χ2v) is 6.10. The standard InChI is InChI=1S/C20H36O4/c1-19(24-23-3)17-15-13-11-9-7-5-4-6-8-10-12-14-16-18-20(21)22-2/h4-5H,1,6-18H2,2-3H3. The number of hydrogen-bond donors (Lipinski definition) is 0. The summed E-state index contributed by atoms with van der Waals surface area (Å²) in [5.41, 5.74) is 0. The molecule has 4 heteroatoms. The van der Waals surface area contributed by atoms with Gasteiger partial charge in [-0.05, 0) is 38.5 Å². The average molecular weight is 341 g/mol. The van der Waals surface area contributed by atoms with Gasteiger partial charge in [-0.25, -0.2) is 0 Å². The van der Waals surface area contributed by atoms with E-state index >= 15 is 0 Å². The van der Waals surface area contributed by atoms with E-state index < -0.39 is 0 Å². The molecule has 140 valence electrons. The van der Waals surface area contributed by atoms with Gasteiger partial charge in [-0.15, -0.1) is 0 Å². The minimum absolute atomic E-state index is 0.0915. The first kappa shape index (κ1) is 22.7. The molecule has 0 spiro atoms. The number of hydrogen-bond acceptors (Lipinski definition) is 4. The van der Waals surface area contributed by atoms with Gasteiger partial charge < -0.3 is 9.62 Å². The van der Waals surface area contributed by atoms with Gasteiger partial charge >= 0.3 is 5.97 Å². The van der Waals surface area contributed by atoms with E-state index in [1.54, 1.807) is 0 Å². The lowest BCUT2D eigenvalue weighted by Crippen LogP contribution is -1.98. The van der Waals surface area contributed by atoms with E-state index in [1.165, 1.54) is 65.6 Å². The van der Waals surface area contributed by atoms with E-state index in [-0.39, 0.29) is 5.97 Å². The molecule has 0 aliphatic carbocycles. The maximum atomic E-state index is 10.9. The Bertz CT molecular complexity index is 337. The van der Waals surface area contributed by atoms with Crippen LogP contribution in [0, 0.1) is 0 Å². The highest BCUT2D eigenvalue weighted by atomic mass is 17.2. The second-order valence-electron chi connectivity index (χ2n) is 6.10. The molecular formula is C20H36O4. The fourth-order valence-electron chi connectivity index (χ4n) is 2.50. The van der Waals surface area contributed by atoms with Crippen molar-refractivity contribution in [3.8, 4) is 0 Å². The topological polar surface area (TPSA) is 44.8 Å². The van der Waals surface area contributed by atoms with Crippen LogP contribution in [0.15, 0.2) is 24.5 Å². The zero-order chi connectivity index (χ0) is 17.9. The molecule has 0 aromatic heterocycles. The summed E-state index contributed by atoms with van der Waals surface area (Å²) < 4.78 is 4.62. The Hall–Kier alpha value is -1.29. The molecule has 0 saturated heterocycles. The van der Waals surface area contributed by atoms with Crippen LogP contribution >= 0.6 is 0 Å². The molecule has 0 unspecified atom stereocenters. The number of unbranched alkanes of at least 4 members (excludes halogenated alkanes) is 9. The molecular weight excluding hydrogens is 304 g/mol. The van der Waals surface area contributed by atoms with Crippen LogP contribution in [0.2, 0.25) is 0 Å². The summed E-state index contributed by atoms with van der Waals surface area (Å²) in [5, 5.41) is 0. The summed E-state index contributed by atoms with van der Waals surface area (Å²) >= 11 is 0. The van der Waals surface area contributed by atoms with Crippen molar-refractivity contribution in [2.24, 2.45) is 0 Å². The van der Waals surface area contributed by atoms with Crippen LogP contribution in [0.4, 0.5) is 0 Å². The maximum absolute atomic E-state index is 10.9. The average Bonchev–Trinajstić information content (AvgIpc) is 2.58. The third kappa shape index (κ3) is 17.1. The predicted molar refractivity (Wildman–Crippen MR) is 98.4 cm³/mol. The molecule has 0 fully saturated rings. The lowest BCUT2D eigenvalue weighted by molar-refractivity contribution is -0.239. The van der Waals surface area contributed by atoms with Crippen LogP contribution in [0.1, 0.15) is 83.5 Å². The van der Waals surface area contributed by atoms with Crippen LogP contribution < -0.4 is 0 Å². The van der Waals surface area contributed by atoms with E-state index in [1.807, 2.05) is 0 Å². The van der Waals surface area contributed by atoms with E-state index in [4.69, 9.17) is 4.89 Å². The smallest absolute Gasteiger partial charge is 0.305 e. The molecule has 0 radical (unpaired) electrons. The Morgan fingerprint density at radius 3 is 1.83 bits per heavy atom. The second kappa shape index (κ2) is 18.1. The number of esters is 1. The number of methoxy groups -OCH3 is 1. The lowest BCUT2D eigenvalue weighted by atomic mass is 10.1. The fraction of sp³-hybridized carbons (Fsp3) is 0.750. The summed E-state index contributed by atoms with van der Waals surface area (Å²) in [5.74, 6) is 0.619. The highest BCUT2D eigenvalue weighted by Crippen LogP contribution is 2.12. The van der Waals surface area contributed by atoms with Gasteiger partial charge in [-0.3, -0.25) is 4.79 Å². The van der Waals surface area contributed by atoms with Gasteiger partial charge in [0, 0.05) is 12.8 Å². The molecule has 0 rings (SSSR count). The van der Waals surface area contributed by atoms with E-state index in [2.05, 4.69) is 28.4 Å². The number of carbonyl (C=O) groups is 1. The molecule has 4 nitrogen and oxygen atoms in total. The molecule has 0 amide bonds. The van der Waals surface area contributed by atoms with Gasteiger partial charge in [0.2, 0.25) is 0 Å². The first-order chi connectivity index (χ1) is 11.7. The van der Waals surface area contributed by atoms with Crippen molar-refractivity contribution >= 4 is 5.97 Å². The van der Waals surface area contributed by atoms with Gasteiger partial charge in [-0.2, -0.15) is 4.89 Å². The highest BCUT2D eigenvalue weighted by Gasteiger charge is 1.98. The highest BCUT2D eigenvalue weighted by molar-refractivity contribution is 5.68. The van der Waals surface area contributed by atoms with Crippen molar-refractivity contribution in [2.75, 3.05) is 14.2 Å². The van der Waals surface area contributed by atoms with Crippen LogP contribution in [0.5, 0.6) is 0 Å². The Morgan fingerprint density at radius 1 is 0.792 bits per heavy atom. The lowest BCUT2D eigenvalue weighted by Gasteiger charge is -2.03. The van der Waals surface area contributed by atoms with Crippen molar-refractivity contribution in [3.63, 3.8) is 0 Å². The van der Waals surface area contributed by atoms with Gasteiger partial charge in [0.25, 0.3) is 0 Å². The molecule has 0 aromatic rings. The maximum Gasteiger partial charge on any atom is 0.305 e. The van der Waals surface area contributed by atoms with Gasteiger partial charge in [-0.1, -0.05) is 50.8 Å². The summed E-state index contributed by atoms with van der Waals surface area (Å²) in [4.78, 5) is 20.3. The van der Waals surface area contributed by atoms with Crippen LogP contribution in [-0.4, -0.2) is 20.2 Å². The van der Waals surface area contributed by atoms with Crippen molar-refractivity contribution in [3.05, 3.63) is 24.5 Å². The monoisotopic (exact) mass is 340 g/mol. The minimum Gasteiger partial charge on any atom is -0.469 e. The molecule has 0 N–H and O–H groups in total. The van der Waals surface area contributed by atoms with E-state index in [0.717, 1.165) is 25.7 Å². The zero-order valence-electron chi connectivity index (χ0n) is 15.7. The summed E-state index contributed by atoms with van der Waals surface area (Å²) in [6.45, 7) is 3.78. The molecule has 24 heavy (non-hydrogen) atoms. The van der Waals surface area contributed by atoms with Gasteiger partial charge in [0.1, 0.15) is 5.76 Å². The molecule has 0 bridgehead atoms. The number of carbonyl (C=O) groups excluding carboxylic acids is 1. The molecule has 0 aliphatic rings. The van der Waals surface area contributed by atoms with Crippen molar-refractivity contribution in [2.45, 2.75) is 83.5 Å². The first-order valence-corrected chi connectivity index (χ1v) is 9.31. The first-order valence-electron chi connectivity index (χ1n) is 9.31. The Labute approximate surface area is 148 Å². The fourth-order valence-corrected chi connectivity index (χ4v) is 2.50. The van der Waals surface area contributed by atoms with E-state index in [9.17, 15) is 4.79 Å². The third-order valence-corrected chi connectivity index (χ3v) is 3.92. The molecule has 0 heterocycles. The van der Waals surface area contributed by atoms with Crippen molar-refractivity contribution in [1.82, 2.24) is 0 Å². The third-order valence-electron chi connectivity index (χ3n) is 3.92. The molecule has 0 atom stereocenters. The predicted octanol–water partition coefficient (Wildman–Crippen LogP) is 5.88. The number of ether oxygens (including phenoxy) is 1. The number of allylic oxidation sites excluding steroid dienone is 3. The quantitative estimate of drug-likeness (QED) is 0.0828. The minimum atomic E-state index is -0.0915. The Morgan fingerprint density at radius 2 is 1.29 bits per heavy atom. The Balaban J connectivity index is 3.19. The van der Waals surface area contributed by atoms with Gasteiger partial charge in [0.05, 0.1) is 14.2 Å². The summed E-state index contributed by atoms with van der Waals surface area (Å²) in [7, 11) is 2.95. The SMILES string of the molecule is C=C(CCCCCCC=CCCCCCCCC(=O)OC)OOC. The largest absolute Gasteiger partial charge is 0.469 e. The number of rotatable bonds is 17. The van der Waals surface area contributed by atoms with Crippen LogP contribution in [0.3, 0.4) is 0 Å².